The minimum atomic E-state index is -3.11. The van der Waals surface area contributed by atoms with Crippen LogP contribution in [0.3, 0.4) is 0 Å². The molecule has 0 amide bonds. The molecule has 6 heteroatoms. The van der Waals surface area contributed by atoms with Crippen LogP contribution in [0.2, 0.25) is 0 Å². The van der Waals surface area contributed by atoms with E-state index in [0.29, 0.717) is 5.75 Å². The maximum absolute atomic E-state index is 11.5. The standard InChI is InChI=1S/C8H16O4S2/c1-8(2,3)14(11,12)5-4-13-6-7(9)10/h4-6H2,1-3H3,(H,9,10). The van der Waals surface area contributed by atoms with Crippen LogP contribution in [-0.2, 0) is 14.6 Å². The van der Waals surface area contributed by atoms with E-state index >= 15 is 0 Å². The molecule has 4 nitrogen and oxygen atoms in total. The van der Waals surface area contributed by atoms with Crippen molar-refractivity contribution < 1.29 is 18.3 Å². The summed E-state index contributed by atoms with van der Waals surface area (Å²) in [6.07, 6.45) is 0. The van der Waals surface area contributed by atoms with E-state index in [4.69, 9.17) is 5.11 Å². The fourth-order valence-electron chi connectivity index (χ4n) is 0.634. The van der Waals surface area contributed by atoms with Gasteiger partial charge in [-0.15, -0.1) is 11.8 Å². The van der Waals surface area contributed by atoms with Gasteiger partial charge in [-0.2, -0.15) is 0 Å². The van der Waals surface area contributed by atoms with Crippen molar-refractivity contribution in [3.05, 3.63) is 0 Å². The molecule has 0 bridgehead atoms. The van der Waals surface area contributed by atoms with Crippen LogP contribution in [0.1, 0.15) is 20.8 Å². The molecular formula is C8H16O4S2. The first kappa shape index (κ1) is 13.8. The number of hydrogen-bond acceptors (Lipinski definition) is 4. The van der Waals surface area contributed by atoms with Crippen LogP contribution in [0.4, 0.5) is 0 Å². The van der Waals surface area contributed by atoms with Crippen molar-refractivity contribution in [2.45, 2.75) is 25.5 Å². The first-order valence-corrected chi connectivity index (χ1v) is 6.99. The Balaban J connectivity index is 3.97. The fraction of sp³-hybridized carbons (Fsp3) is 0.875. The Bertz CT molecular complexity index is 287. The monoisotopic (exact) mass is 240 g/mol. The number of carboxylic acid groups (broad SMARTS) is 1. The van der Waals surface area contributed by atoms with Crippen LogP contribution in [0.25, 0.3) is 0 Å². The summed E-state index contributed by atoms with van der Waals surface area (Å²) in [5, 5.41) is 8.33. The van der Waals surface area contributed by atoms with Crippen LogP contribution in [0.5, 0.6) is 0 Å². The highest BCUT2D eigenvalue weighted by Gasteiger charge is 2.28. The van der Waals surface area contributed by atoms with Gasteiger partial charge in [0.2, 0.25) is 0 Å². The Hall–Kier alpha value is -0.230. The summed E-state index contributed by atoms with van der Waals surface area (Å²) in [6, 6.07) is 0. The van der Waals surface area contributed by atoms with Gasteiger partial charge in [0.15, 0.2) is 9.84 Å². The van der Waals surface area contributed by atoms with Gasteiger partial charge < -0.3 is 5.11 Å². The fourth-order valence-corrected chi connectivity index (χ4v) is 2.91. The molecule has 0 radical (unpaired) electrons. The molecule has 0 fully saturated rings. The Morgan fingerprint density at radius 2 is 1.86 bits per heavy atom. The number of hydrogen-bond donors (Lipinski definition) is 1. The molecule has 0 heterocycles. The molecule has 0 rings (SSSR count). The van der Waals surface area contributed by atoms with Gasteiger partial charge >= 0.3 is 5.97 Å². The molecule has 0 aliphatic heterocycles. The van der Waals surface area contributed by atoms with Crippen molar-refractivity contribution >= 4 is 27.6 Å². The molecule has 0 saturated carbocycles. The second kappa shape index (κ2) is 5.02. The lowest BCUT2D eigenvalue weighted by molar-refractivity contribution is -0.133. The van der Waals surface area contributed by atoms with Crippen molar-refractivity contribution in [2.75, 3.05) is 17.3 Å². The zero-order valence-electron chi connectivity index (χ0n) is 8.61. The summed E-state index contributed by atoms with van der Waals surface area (Å²) in [5.41, 5.74) is 0. The maximum Gasteiger partial charge on any atom is 0.313 e. The van der Waals surface area contributed by atoms with E-state index in [1.165, 1.54) is 0 Å². The van der Waals surface area contributed by atoms with Crippen LogP contribution in [-0.4, -0.2) is 41.5 Å². The van der Waals surface area contributed by atoms with E-state index in [9.17, 15) is 13.2 Å². The van der Waals surface area contributed by atoms with E-state index in [1.807, 2.05) is 0 Å². The molecule has 0 unspecified atom stereocenters. The molecule has 84 valence electrons. The van der Waals surface area contributed by atoms with Crippen molar-refractivity contribution in [3.8, 4) is 0 Å². The molecular weight excluding hydrogens is 224 g/mol. The summed E-state index contributed by atoms with van der Waals surface area (Å²) in [6.45, 7) is 4.93. The van der Waals surface area contributed by atoms with Crippen LogP contribution in [0, 0.1) is 0 Å². The van der Waals surface area contributed by atoms with E-state index in [2.05, 4.69) is 0 Å². The van der Waals surface area contributed by atoms with E-state index < -0.39 is 20.6 Å². The van der Waals surface area contributed by atoms with Gasteiger partial charge in [-0.1, -0.05) is 0 Å². The molecule has 0 saturated heterocycles. The topological polar surface area (TPSA) is 71.4 Å². The molecule has 1 N–H and O–H groups in total. The van der Waals surface area contributed by atoms with Crippen LogP contribution in [0.15, 0.2) is 0 Å². The molecule has 0 aromatic rings. The number of thioether (sulfide) groups is 1. The Morgan fingerprint density at radius 1 is 1.36 bits per heavy atom. The minimum absolute atomic E-state index is 0.0362. The van der Waals surface area contributed by atoms with Gasteiger partial charge in [0, 0.05) is 5.75 Å². The molecule has 0 aliphatic carbocycles. The molecule has 0 atom stereocenters. The lowest BCUT2D eigenvalue weighted by Crippen LogP contribution is -2.31. The van der Waals surface area contributed by atoms with E-state index in [0.717, 1.165) is 11.8 Å². The quantitative estimate of drug-likeness (QED) is 0.726. The first-order chi connectivity index (χ1) is 6.17. The second-order valence-electron chi connectivity index (χ2n) is 3.88. The Labute approximate surface area is 89.0 Å². The van der Waals surface area contributed by atoms with Crippen molar-refractivity contribution in [2.24, 2.45) is 0 Å². The molecule has 0 aromatic heterocycles. The Morgan fingerprint density at radius 3 is 2.21 bits per heavy atom. The predicted molar refractivity (Wildman–Crippen MR) is 58.5 cm³/mol. The molecule has 14 heavy (non-hydrogen) atoms. The number of aliphatic carboxylic acids is 1. The molecule has 0 spiro atoms. The number of rotatable bonds is 5. The normalized spacial score (nSPS) is 12.8. The van der Waals surface area contributed by atoms with Crippen LogP contribution < -0.4 is 0 Å². The Kier molecular flexibility index (Phi) is 4.94. The number of carboxylic acids is 1. The number of sulfone groups is 1. The third-order valence-corrected chi connectivity index (χ3v) is 5.46. The SMILES string of the molecule is CC(C)(C)S(=O)(=O)CCSCC(=O)O. The second-order valence-corrected chi connectivity index (χ2v) is 7.85. The highest BCUT2D eigenvalue weighted by atomic mass is 32.2. The molecule has 0 aliphatic rings. The lowest BCUT2D eigenvalue weighted by atomic mass is 10.3. The third-order valence-electron chi connectivity index (χ3n) is 1.65. The average Bonchev–Trinajstić information content (AvgIpc) is 1.95. The molecule has 0 aromatic carbocycles. The summed E-state index contributed by atoms with van der Waals surface area (Å²) < 4.78 is 22.3. The van der Waals surface area contributed by atoms with Crippen molar-refractivity contribution in [1.29, 1.82) is 0 Å². The van der Waals surface area contributed by atoms with E-state index in [-0.39, 0.29) is 11.5 Å². The summed E-state index contributed by atoms with van der Waals surface area (Å²) >= 11 is 1.13. The van der Waals surface area contributed by atoms with Gasteiger partial charge in [0.25, 0.3) is 0 Å². The lowest BCUT2D eigenvalue weighted by Gasteiger charge is -2.18. The predicted octanol–water partition coefficient (Wildman–Crippen LogP) is 1.02. The van der Waals surface area contributed by atoms with Gasteiger partial charge in [-0.25, -0.2) is 8.42 Å². The average molecular weight is 240 g/mol. The third kappa shape index (κ3) is 4.85. The zero-order valence-corrected chi connectivity index (χ0v) is 10.2. The van der Waals surface area contributed by atoms with Gasteiger partial charge in [-0.3, -0.25) is 4.79 Å². The van der Waals surface area contributed by atoms with Crippen molar-refractivity contribution in [3.63, 3.8) is 0 Å². The van der Waals surface area contributed by atoms with Gasteiger partial charge in [0.1, 0.15) is 0 Å². The largest absolute Gasteiger partial charge is 0.481 e. The van der Waals surface area contributed by atoms with Gasteiger partial charge in [0.05, 0.1) is 16.3 Å². The highest BCUT2D eigenvalue weighted by Crippen LogP contribution is 2.17. The van der Waals surface area contributed by atoms with Gasteiger partial charge in [-0.05, 0) is 20.8 Å². The number of carbonyl (C=O) groups is 1. The zero-order chi connectivity index (χ0) is 11.4. The first-order valence-electron chi connectivity index (χ1n) is 4.18. The summed E-state index contributed by atoms with van der Waals surface area (Å²) in [4.78, 5) is 10.2. The maximum atomic E-state index is 11.5. The van der Waals surface area contributed by atoms with Crippen molar-refractivity contribution in [1.82, 2.24) is 0 Å². The minimum Gasteiger partial charge on any atom is -0.481 e. The highest BCUT2D eigenvalue weighted by molar-refractivity contribution is 8.01. The smallest absolute Gasteiger partial charge is 0.313 e. The summed E-state index contributed by atoms with van der Waals surface area (Å²) in [7, 11) is -3.11. The summed E-state index contributed by atoms with van der Waals surface area (Å²) in [5.74, 6) is -0.580. The van der Waals surface area contributed by atoms with E-state index in [1.54, 1.807) is 20.8 Å². The van der Waals surface area contributed by atoms with Crippen LogP contribution >= 0.6 is 11.8 Å².